The van der Waals surface area contributed by atoms with Gasteiger partial charge in [0.15, 0.2) is 6.61 Å². The molecule has 0 bridgehead atoms. The number of carbonyl (C=O) groups excluding carboxylic acids is 1. The van der Waals surface area contributed by atoms with E-state index in [1.54, 1.807) is 6.07 Å². The summed E-state index contributed by atoms with van der Waals surface area (Å²) < 4.78 is 5.53. The third-order valence-electron chi connectivity index (χ3n) is 4.56. The second-order valence-corrected chi connectivity index (χ2v) is 6.84. The molecule has 2 aromatic carbocycles. The van der Waals surface area contributed by atoms with Crippen LogP contribution in [0.2, 0.25) is 5.02 Å². The summed E-state index contributed by atoms with van der Waals surface area (Å²) in [5, 5.41) is 12.7. The van der Waals surface area contributed by atoms with Gasteiger partial charge in [-0.1, -0.05) is 43.0 Å². The summed E-state index contributed by atoms with van der Waals surface area (Å²) in [5.74, 6) is 0.922. The number of phenolic OH excluding ortho intramolecular Hbond substituents is 1. The molecule has 3 rings (SSSR count). The van der Waals surface area contributed by atoms with Gasteiger partial charge < -0.3 is 15.2 Å². The van der Waals surface area contributed by atoms with E-state index < -0.39 is 0 Å². The van der Waals surface area contributed by atoms with E-state index in [1.165, 1.54) is 49.8 Å². The normalized spacial score (nSPS) is 14.9. The monoisotopic (exact) mass is 359 g/mol. The largest absolute Gasteiger partial charge is 0.506 e. The number of amides is 1. The third-order valence-corrected chi connectivity index (χ3v) is 4.79. The highest BCUT2D eigenvalue weighted by Crippen LogP contribution is 2.33. The molecule has 1 amide bonds. The van der Waals surface area contributed by atoms with Gasteiger partial charge in [-0.3, -0.25) is 4.79 Å². The van der Waals surface area contributed by atoms with Gasteiger partial charge in [0.1, 0.15) is 11.5 Å². The Kier molecular flexibility index (Phi) is 5.82. The number of hydrogen-bond donors (Lipinski definition) is 2. The molecule has 0 atom stereocenters. The Hall–Kier alpha value is -2.20. The first kappa shape index (κ1) is 17.6. The van der Waals surface area contributed by atoms with Gasteiger partial charge in [-0.2, -0.15) is 0 Å². The smallest absolute Gasteiger partial charge is 0.262 e. The standard InChI is InChI=1S/C20H22ClNO3/c21-16-8-11-19(23)18(12-16)22-20(24)13-25-17-9-6-15(7-10-17)14-4-2-1-3-5-14/h6-12,14,23H,1-5,13H2,(H,22,24). The Bertz CT molecular complexity index is 724. The van der Waals surface area contributed by atoms with Crippen molar-refractivity contribution >= 4 is 23.2 Å². The summed E-state index contributed by atoms with van der Waals surface area (Å²) >= 11 is 5.86. The lowest BCUT2D eigenvalue weighted by Gasteiger charge is -2.22. The maximum absolute atomic E-state index is 12.0. The van der Waals surface area contributed by atoms with Crippen molar-refractivity contribution in [3.8, 4) is 11.5 Å². The average molecular weight is 360 g/mol. The van der Waals surface area contributed by atoms with Crippen LogP contribution in [0.25, 0.3) is 0 Å². The van der Waals surface area contributed by atoms with Gasteiger partial charge in [-0.25, -0.2) is 0 Å². The van der Waals surface area contributed by atoms with Gasteiger partial charge in [0.2, 0.25) is 0 Å². The van der Waals surface area contributed by atoms with Gasteiger partial charge in [-0.15, -0.1) is 0 Å². The molecule has 25 heavy (non-hydrogen) atoms. The summed E-state index contributed by atoms with van der Waals surface area (Å²) in [6, 6.07) is 12.5. The molecular weight excluding hydrogens is 338 g/mol. The zero-order valence-electron chi connectivity index (χ0n) is 14.0. The maximum atomic E-state index is 12.0. The number of aromatic hydroxyl groups is 1. The number of carbonyl (C=O) groups is 1. The number of halogens is 1. The highest BCUT2D eigenvalue weighted by Gasteiger charge is 2.15. The fourth-order valence-electron chi connectivity index (χ4n) is 3.22. The minimum absolute atomic E-state index is 0.0328. The Morgan fingerprint density at radius 2 is 1.84 bits per heavy atom. The van der Waals surface area contributed by atoms with Crippen molar-refractivity contribution in [2.45, 2.75) is 38.0 Å². The second-order valence-electron chi connectivity index (χ2n) is 6.40. The van der Waals surface area contributed by atoms with Gasteiger partial charge in [0.25, 0.3) is 5.91 Å². The molecular formula is C20H22ClNO3. The van der Waals surface area contributed by atoms with E-state index in [0.29, 0.717) is 16.7 Å². The first-order chi connectivity index (χ1) is 12.1. The molecule has 4 nitrogen and oxygen atoms in total. The van der Waals surface area contributed by atoms with Crippen LogP contribution < -0.4 is 10.1 Å². The lowest BCUT2D eigenvalue weighted by molar-refractivity contribution is -0.118. The number of phenols is 1. The number of benzene rings is 2. The van der Waals surface area contributed by atoms with Gasteiger partial charge in [0.05, 0.1) is 5.69 Å². The Morgan fingerprint density at radius 1 is 1.12 bits per heavy atom. The van der Waals surface area contributed by atoms with E-state index in [-0.39, 0.29) is 24.0 Å². The molecule has 0 radical (unpaired) electrons. The number of rotatable bonds is 5. The molecule has 0 saturated heterocycles. The van der Waals surface area contributed by atoms with E-state index in [9.17, 15) is 9.90 Å². The lowest BCUT2D eigenvalue weighted by atomic mass is 9.84. The summed E-state index contributed by atoms with van der Waals surface area (Å²) in [7, 11) is 0. The number of hydrogen-bond acceptors (Lipinski definition) is 3. The molecule has 2 aromatic rings. The minimum atomic E-state index is -0.353. The van der Waals surface area contributed by atoms with Crippen molar-refractivity contribution in [2.24, 2.45) is 0 Å². The van der Waals surface area contributed by atoms with Crippen molar-refractivity contribution in [1.29, 1.82) is 0 Å². The Labute approximate surface area is 152 Å². The molecule has 0 heterocycles. The van der Waals surface area contributed by atoms with E-state index in [0.717, 1.165) is 0 Å². The fourth-order valence-corrected chi connectivity index (χ4v) is 3.39. The van der Waals surface area contributed by atoms with E-state index in [1.807, 2.05) is 12.1 Å². The van der Waals surface area contributed by atoms with Gasteiger partial charge in [0, 0.05) is 5.02 Å². The van der Waals surface area contributed by atoms with Crippen LogP contribution in [0, 0.1) is 0 Å². The summed E-state index contributed by atoms with van der Waals surface area (Å²) in [6.07, 6.45) is 6.46. The SMILES string of the molecule is O=C(COc1ccc(C2CCCCC2)cc1)Nc1cc(Cl)ccc1O. The van der Waals surface area contributed by atoms with Crippen molar-refractivity contribution in [2.75, 3.05) is 11.9 Å². The Morgan fingerprint density at radius 3 is 2.56 bits per heavy atom. The first-order valence-corrected chi connectivity index (χ1v) is 9.01. The molecule has 132 valence electrons. The average Bonchev–Trinajstić information content (AvgIpc) is 2.64. The van der Waals surface area contributed by atoms with E-state index in [2.05, 4.69) is 17.4 Å². The van der Waals surface area contributed by atoms with E-state index in [4.69, 9.17) is 16.3 Å². The number of nitrogens with one attached hydrogen (secondary N) is 1. The molecule has 5 heteroatoms. The molecule has 1 aliphatic rings. The summed E-state index contributed by atoms with van der Waals surface area (Å²) in [5.41, 5.74) is 1.62. The van der Waals surface area contributed by atoms with Crippen LogP contribution in [0.4, 0.5) is 5.69 Å². The van der Waals surface area contributed by atoms with Crippen molar-refractivity contribution in [1.82, 2.24) is 0 Å². The molecule has 1 aliphatic carbocycles. The zero-order valence-corrected chi connectivity index (χ0v) is 14.8. The summed E-state index contributed by atoms with van der Waals surface area (Å²) in [6.45, 7) is -0.130. The van der Waals surface area contributed by atoms with Crippen LogP contribution in [0.5, 0.6) is 11.5 Å². The molecule has 0 aliphatic heterocycles. The zero-order chi connectivity index (χ0) is 17.6. The van der Waals surface area contributed by atoms with Gasteiger partial charge in [-0.05, 0) is 54.7 Å². The maximum Gasteiger partial charge on any atom is 0.262 e. The van der Waals surface area contributed by atoms with Crippen molar-refractivity contribution in [3.63, 3.8) is 0 Å². The van der Waals surface area contributed by atoms with Crippen LogP contribution in [0.3, 0.4) is 0 Å². The Balaban J connectivity index is 1.52. The van der Waals surface area contributed by atoms with Crippen LogP contribution >= 0.6 is 11.6 Å². The predicted octanol–water partition coefficient (Wildman–Crippen LogP) is 5.11. The van der Waals surface area contributed by atoms with Crippen molar-refractivity contribution in [3.05, 3.63) is 53.1 Å². The van der Waals surface area contributed by atoms with Crippen molar-refractivity contribution < 1.29 is 14.6 Å². The van der Waals surface area contributed by atoms with Crippen LogP contribution in [-0.2, 0) is 4.79 Å². The van der Waals surface area contributed by atoms with Crippen LogP contribution in [0.1, 0.15) is 43.6 Å². The van der Waals surface area contributed by atoms with Crippen LogP contribution in [0.15, 0.2) is 42.5 Å². The van der Waals surface area contributed by atoms with Crippen LogP contribution in [-0.4, -0.2) is 17.6 Å². The number of anilines is 1. The third kappa shape index (κ3) is 4.89. The molecule has 1 saturated carbocycles. The fraction of sp³-hybridized carbons (Fsp3) is 0.350. The van der Waals surface area contributed by atoms with E-state index >= 15 is 0 Å². The predicted molar refractivity (Wildman–Crippen MR) is 99.5 cm³/mol. The molecule has 0 unspecified atom stereocenters. The number of ether oxygens (including phenoxy) is 1. The molecule has 2 N–H and O–H groups in total. The highest BCUT2D eigenvalue weighted by atomic mass is 35.5. The first-order valence-electron chi connectivity index (χ1n) is 8.63. The second kappa shape index (κ2) is 8.26. The topological polar surface area (TPSA) is 58.6 Å². The van der Waals surface area contributed by atoms with Gasteiger partial charge >= 0.3 is 0 Å². The summed E-state index contributed by atoms with van der Waals surface area (Å²) in [4.78, 5) is 12.0. The molecule has 1 fully saturated rings. The molecule has 0 spiro atoms. The quantitative estimate of drug-likeness (QED) is 0.729. The molecule has 0 aromatic heterocycles. The lowest BCUT2D eigenvalue weighted by Crippen LogP contribution is -2.20. The minimum Gasteiger partial charge on any atom is -0.506 e. The highest BCUT2D eigenvalue weighted by molar-refractivity contribution is 6.31.